The summed E-state index contributed by atoms with van der Waals surface area (Å²) in [6.07, 6.45) is 1.58. The summed E-state index contributed by atoms with van der Waals surface area (Å²) in [6.45, 7) is 0.891. The van der Waals surface area contributed by atoms with Crippen molar-refractivity contribution in [1.82, 2.24) is 4.98 Å². The summed E-state index contributed by atoms with van der Waals surface area (Å²) in [6, 6.07) is 12.3. The zero-order valence-electron chi connectivity index (χ0n) is 10.4. The van der Waals surface area contributed by atoms with E-state index in [1.807, 2.05) is 6.07 Å². The number of anilines is 1. The van der Waals surface area contributed by atoms with Crippen LogP contribution in [0.25, 0.3) is 0 Å². The predicted octanol–water partition coefficient (Wildman–Crippen LogP) is 1.67. The summed E-state index contributed by atoms with van der Waals surface area (Å²) < 4.78 is 5.39. The number of nitrogens with one attached hydrogen (secondary N) is 1. The van der Waals surface area contributed by atoms with Crippen LogP contribution in [0.1, 0.15) is 10.5 Å². The van der Waals surface area contributed by atoms with Gasteiger partial charge in [-0.1, -0.05) is 12.1 Å². The SMILES string of the molecule is NCCOc1cccc(NC(=O)c2ccccn2)c1. The van der Waals surface area contributed by atoms with Gasteiger partial charge >= 0.3 is 0 Å². The first-order chi connectivity index (χ1) is 9.29. The fourth-order valence-corrected chi connectivity index (χ4v) is 1.53. The minimum atomic E-state index is -0.253. The van der Waals surface area contributed by atoms with Gasteiger partial charge < -0.3 is 15.8 Å². The number of carbonyl (C=O) groups is 1. The molecule has 0 atom stereocenters. The molecule has 0 aliphatic heterocycles. The lowest BCUT2D eigenvalue weighted by molar-refractivity contribution is 0.102. The zero-order chi connectivity index (χ0) is 13.5. The van der Waals surface area contributed by atoms with Crippen molar-refractivity contribution in [2.75, 3.05) is 18.5 Å². The number of nitrogens with zero attached hydrogens (tertiary/aromatic N) is 1. The van der Waals surface area contributed by atoms with Crippen molar-refractivity contribution in [1.29, 1.82) is 0 Å². The molecule has 0 aliphatic rings. The summed E-state index contributed by atoms with van der Waals surface area (Å²) in [5.41, 5.74) is 6.40. The Hall–Kier alpha value is -2.40. The van der Waals surface area contributed by atoms with Crippen LogP contribution in [-0.4, -0.2) is 24.0 Å². The Kier molecular flexibility index (Phi) is 4.47. The minimum Gasteiger partial charge on any atom is -0.492 e. The first-order valence-electron chi connectivity index (χ1n) is 5.95. The molecule has 1 amide bonds. The molecule has 0 fully saturated rings. The molecule has 1 aromatic carbocycles. The van der Waals surface area contributed by atoms with Crippen molar-refractivity contribution in [3.63, 3.8) is 0 Å². The number of pyridine rings is 1. The molecule has 5 heteroatoms. The molecule has 1 heterocycles. The number of aromatic nitrogens is 1. The molecule has 0 saturated carbocycles. The largest absolute Gasteiger partial charge is 0.492 e. The maximum absolute atomic E-state index is 11.9. The molecule has 0 unspecified atom stereocenters. The number of nitrogens with two attached hydrogens (primary N) is 1. The summed E-state index contributed by atoms with van der Waals surface area (Å²) in [7, 11) is 0. The first-order valence-corrected chi connectivity index (χ1v) is 5.95. The fourth-order valence-electron chi connectivity index (χ4n) is 1.53. The quantitative estimate of drug-likeness (QED) is 0.854. The summed E-state index contributed by atoms with van der Waals surface area (Å²) in [4.78, 5) is 15.9. The Morgan fingerprint density at radius 1 is 1.26 bits per heavy atom. The van der Waals surface area contributed by atoms with Crippen LogP contribution in [-0.2, 0) is 0 Å². The van der Waals surface area contributed by atoms with Gasteiger partial charge in [-0.3, -0.25) is 9.78 Å². The Bertz CT molecular complexity index is 543. The molecular formula is C14H15N3O2. The Morgan fingerprint density at radius 2 is 2.16 bits per heavy atom. The topological polar surface area (TPSA) is 77.2 Å². The third-order valence-corrected chi connectivity index (χ3v) is 2.38. The zero-order valence-corrected chi connectivity index (χ0v) is 10.4. The smallest absolute Gasteiger partial charge is 0.274 e. The molecule has 5 nitrogen and oxygen atoms in total. The molecule has 3 N–H and O–H groups in total. The molecule has 2 aromatic rings. The van der Waals surface area contributed by atoms with Gasteiger partial charge in [-0.25, -0.2) is 0 Å². The van der Waals surface area contributed by atoms with Crippen LogP contribution >= 0.6 is 0 Å². The average molecular weight is 257 g/mol. The van der Waals surface area contributed by atoms with Gasteiger partial charge in [-0.15, -0.1) is 0 Å². The monoisotopic (exact) mass is 257 g/mol. The highest BCUT2D eigenvalue weighted by atomic mass is 16.5. The van der Waals surface area contributed by atoms with Crippen LogP contribution in [0.4, 0.5) is 5.69 Å². The van der Waals surface area contributed by atoms with E-state index >= 15 is 0 Å². The fraction of sp³-hybridized carbons (Fsp3) is 0.143. The van der Waals surface area contributed by atoms with Gasteiger partial charge in [-0.2, -0.15) is 0 Å². The van der Waals surface area contributed by atoms with E-state index in [1.165, 1.54) is 0 Å². The summed E-state index contributed by atoms with van der Waals surface area (Å²) in [5, 5.41) is 2.76. The van der Waals surface area contributed by atoms with Gasteiger partial charge in [0.1, 0.15) is 18.1 Å². The van der Waals surface area contributed by atoms with Gasteiger partial charge in [0, 0.05) is 24.5 Å². The lowest BCUT2D eigenvalue weighted by atomic mass is 10.2. The van der Waals surface area contributed by atoms with Crippen LogP contribution < -0.4 is 15.8 Å². The van der Waals surface area contributed by atoms with Crippen molar-refractivity contribution in [2.24, 2.45) is 5.73 Å². The number of hydrogen-bond acceptors (Lipinski definition) is 4. The van der Waals surface area contributed by atoms with Crippen molar-refractivity contribution >= 4 is 11.6 Å². The van der Waals surface area contributed by atoms with Crippen molar-refractivity contribution < 1.29 is 9.53 Å². The summed E-state index contributed by atoms with van der Waals surface area (Å²) in [5.74, 6) is 0.417. The average Bonchev–Trinajstić information content (AvgIpc) is 2.46. The number of rotatable bonds is 5. The van der Waals surface area contributed by atoms with Crippen LogP contribution in [0.15, 0.2) is 48.7 Å². The first kappa shape index (κ1) is 13.0. The second kappa shape index (κ2) is 6.51. The Labute approximate surface area is 111 Å². The van der Waals surface area contributed by atoms with Gasteiger partial charge in [-0.05, 0) is 24.3 Å². The van der Waals surface area contributed by atoms with Crippen molar-refractivity contribution in [3.05, 3.63) is 54.4 Å². The van der Waals surface area contributed by atoms with E-state index in [1.54, 1.807) is 42.6 Å². The van der Waals surface area contributed by atoms with E-state index in [0.717, 1.165) is 0 Å². The number of benzene rings is 1. The van der Waals surface area contributed by atoms with Crippen LogP contribution in [0, 0.1) is 0 Å². The highest BCUT2D eigenvalue weighted by Gasteiger charge is 2.06. The van der Waals surface area contributed by atoms with Crippen LogP contribution in [0.5, 0.6) is 5.75 Å². The van der Waals surface area contributed by atoms with Gasteiger partial charge in [0.15, 0.2) is 0 Å². The van der Waals surface area contributed by atoms with E-state index in [0.29, 0.717) is 30.3 Å². The predicted molar refractivity (Wildman–Crippen MR) is 73.2 cm³/mol. The maximum atomic E-state index is 11.9. The van der Waals surface area contributed by atoms with E-state index in [9.17, 15) is 4.79 Å². The number of amides is 1. The van der Waals surface area contributed by atoms with Gasteiger partial charge in [0.05, 0.1) is 0 Å². The molecule has 0 spiro atoms. The molecule has 0 radical (unpaired) electrons. The molecule has 2 rings (SSSR count). The minimum absolute atomic E-state index is 0.253. The molecule has 1 aromatic heterocycles. The molecular weight excluding hydrogens is 242 g/mol. The molecule has 0 saturated heterocycles. The van der Waals surface area contributed by atoms with Gasteiger partial charge in [0.2, 0.25) is 0 Å². The lowest BCUT2D eigenvalue weighted by Gasteiger charge is -2.08. The van der Waals surface area contributed by atoms with E-state index in [4.69, 9.17) is 10.5 Å². The molecule has 0 aliphatic carbocycles. The second-order valence-electron chi connectivity index (χ2n) is 3.83. The normalized spacial score (nSPS) is 9.95. The van der Waals surface area contributed by atoms with E-state index in [2.05, 4.69) is 10.3 Å². The third kappa shape index (κ3) is 3.79. The standard InChI is InChI=1S/C14H15N3O2/c15-7-9-19-12-5-3-4-11(10-12)17-14(18)13-6-1-2-8-16-13/h1-6,8,10H,7,9,15H2,(H,17,18). The highest BCUT2D eigenvalue weighted by molar-refractivity contribution is 6.02. The number of ether oxygens (including phenoxy) is 1. The lowest BCUT2D eigenvalue weighted by Crippen LogP contribution is -2.14. The van der Waals surface area contributed by atoms with Crippen molar-refractivity contribution in [3.8, 4) is 5.75 Å². The van der Waals surface area contributed by atoms with Crippen LogP contribution in [0.2, 0.25) is 0 Å². The Balaban J connectivity index is 2.05. The van der Waals surface area contributed by atoms with Gasteiger partial charge in [0.25, 0.3) is 5.91 Å². The van der Waals surface area contributed by atoms with E-state index < -0.39 is 0 Å². The third-order valence-electron chi connectivity index (χ3n) is 2.38. The highest BCUT2D eigenvalue weighted by Crippen LogP contribution is 2.17. The van der Waals surface area contributed by atoms with Crippen molar-refractivity contribution in [2.45, 2.75) is 0 Å². The second-order valence-corrected chi connectivity index (χ2v) is 3.83. The number of hydrogen-bond donors (Lipinski definition) is 2. The Morgan fingerprint density at radius 3 is 2.89 bits per heavy atom. The molecule has 19 heavy (non-hydrogen) atoms. The summed E-state index contributed by atoms with van der Waals surface area (Å²) >= 11 is 0. The maximum Gasteiger partial charge on any atom is 0.274 e. The molecule has 98 valence electrons. The van der Waals surface area contributed by atoms with E-state index in [-0.39, 0.29) is 5.91 Å². The molecule has 0 bridgehead atoms. The number of carbonyl (C=O) groups excluding carboxylic acids is 1. The van der Waals surface area contributed by atoms with Crippen LogP contribution in [0.3, 0.4) is 0 Å².